The van der Waals surface area contributed by atoms with E-state index in [9.17, 15) is 33.1 Å². The Kier molecular flexibility index (Phi) is 6.49. The molecule has 3 fully saturated rings. The maximum Gasteiger partial charge on any atom is 0.258 e. The number of rotatable bonds is 3. The Balaban J connectivity index is 1.41. The van der Waals surface area contributed by atoms with E-state index in [1.807, 2.05) is 0 Å². The first kappa shape index (κ1) is 29.0. The zero-order chi connectivity index (χ0) is 31.3. The van der Waals surface area contributed by atoms with Crippen LogP contribution in [0.1, 0.15) is 24.3 Å². The summed E-state index contributed by atoms with van der Waals surface area (Å²) in [5.41, 5.74) is 0.610. The summed E-state index contributed by atoms with van der Waals surface area (Å²) in [5.74, 6) is -9.29. The first-order valence-electron chi connectivity index (χ1n) is 13.7. The lowest BCUT2D eigenvalue weighted by molar-refractivity contribution is -0.125. The van der Waals surface area contributed by atoms with E-state index in [4.69, 9.17) is 34.8 Å². The molecule has 1 N–H and O–H groups in total. The minimum Gasteiger partial charge on any atom is -0.505 e. The number of carbonyl (C=O) groups is 4. The van der Waals surface area contributed by atoms with Crippen molar-refractivity contribution in [3.8, 4) is 5.75 Å². The maximum absolute atomic E-state index is 14.8. The molecule has 2 aliphatic heterocycles. The quantitative estimate of drug-likeness (QED) is 0.209. The number of phenols is 1. The van der Waals surface area contributed by atoms with Crippen molar-refractivity contribution in [2.45, 2.75) is 28.5 Å². The lowest BCUT2D eigenvalue weighted by Crippen LogP contribution is -2.60. The second-order valence-electron chi connectivity index (χ2n) is 11.4. The summed E-state index contributed by atoms with van der Waals surface area (Å²) < 4.78 is 28.6. The van der Waals surface area contributed by atoms with Gasteiger partial charge in [-0.2, -0.15) is 0 Å². The van der Waals surface area contributed by atoms with Gasteiger partial charge in [0.1, 0.15) is 5.82 Å². The van der Waals surface area contributed by atoms with Crippen LogP contribution in [0.25, 0.3) is 0 Å². The first-order valence-corrected chi connectivity index (χ1v) is 14.9. The van der Waals surface area contributed by atoms with Crippen molar-refractivity contribution >= 4 is 69.8 Å². The molecular weight excluding hydrogens is 637 g/mol. The number of hydrogen-bond donors (Lipinski definition) is 1. The van der Waals surface area contributed by atoms with Gasteiger partial charge in [-0.15, -0.1) is 23.2 Å². The molecule has 2 aliphatic carbocycles. The number of halogens is 5. The van der Waals surface area contributed by atoms with Gasteiger partial charge in [0.2, 0.25) is 11.8 Å². The standard InChI is InChI=1S/C32H21Cl3F2N2O5/c33-15-4-8-17(9-5-15)38-27(41)20-13-12-19-22(24(20)28(38)42)14-31(34)29(43)39(18-10-6-16(36)7-11-18)30(44)32(31,35)25(19)21-2-1-3-23(37)26(21)40/h1-12,20,22,24-25,40H,13-14H2/t20-,22+,24-,25+,31+,32-/m0/s1. The third-order valence-electron chi connectivity index (χ3n) is 9.31. The van der Waals surface area contributed by atoms with Crippen LogP contribution in [-0.2, 0) is 19.2 Å². The Labute approximate surface area is 264 Å². The van der Waals surface area contributed by atoms with E-state index in [2.05, 4.69) is 0 Å². The van der Waals surface area contributed by atoms with E-state index < -0.39 is 74.4 Å². The largest absolute Gasteiger partial charge is 0.505 e. The Bertz CT molecular complexity index is 1820. The van der Waals surface area contributed by atoms with Crippen molar-refractivity contribution < 1.29 is 33.1 Å². The number of hydrogen-bond acceptors (Lipinski definition) is 5. The SMILES string of the molecule is O=C1[C@H]2[C@H](CC=C3[C@H]2C[C@@]2(Cl)C(=O)N(c4ccc(F)cc4)C(=O)[C@@]2(Cl)[C@H]3c2cccc(F)c2O)C(=O)N1c1ccc(Cl)cc1. The van der Waals surface area contributed by atoms with Gasteiger partial charge in [-0.3, -0.25) is 24.1 Å². The van der Waals surface area contributed by atoms with Gasteiger partial charge in [0.15, 0.2) is 21.3 Å². The van der Waals surface area contributed by atoms with Crippen molar-refractivity contribution in [1.29, 1.82) is 0 Å². The van der Waals surface area contributed by atoms with Gasteiger partial charge in [0.05, 0.1) is 23.2 Å². The molecule has 1 saturated carbocycles. The van der Waals surface area contributed by atoms with Gasteiger partial charge in [-0.25, -0.2) is 13.7 Å². The summed E-state index contributed by atoms with van der Waals surface area (Å²) in [6.07, 6.45) is 1.45. The van der Waals surface area contributed by atoms with Crippen LogP contribution in [-0.4, -0.2) is 38.5 Å². The number of anilines is 2. The number of allylic oxidation sites excluding steroid dienone is 2. The zero-order valence-electron chi connectivity index (χ0n) is 22.5. The monoisotopic (exact) mass is 656 g/mol. The molecule has 6 atom stereocenters. The highest BCUT2D eigenvalue weighted by Gasteiger charge is 2.77. The molecule has 0 bridgehead atoms. The summed E-state index contributed by atoms with van der Waals surface area (Å²) in [5, 5.41) is 11.3. The lowest BCUT2D eigenvalue weighted by atomic mass is 9.56. The number of aromatic hydroxyl groups is 1. The second kappa shape index (κ2) is 9.86. The van der Waals surface area contributed by atoms with Crippen LogP contribution in [0.2, 0.25) is 5.02 Å². The third kappa shape index (κ3) is 3.72. The highest BCUT2D eigenvalue weighted by molar-refractivity contribution is 6.58. The Hall–Kier alpha value is -3.79. The number of alkyl halides is 2. The molecule has 0 radical (unpaired) electrons. The molecule has 2 saturated heterocycles. The first-order chi connectivity index (χ1) is 20.9. The minimum absolute atomic E-state index is 0.00827. The minimum atomic E-state index is -2.29. The normalized spacial score (nSPS) is 31.2. The molecule has 4 amide bonds. The van der Waals surface area contributed by atoms with Crippen molar-refractivity contribution in [1.82, 2.24) is 0 Å². The molecular formula is C32H21Cl3F2N2O5. The number of para-hydroxylation sites is 1. The molecule has 44 heavy (non-hydrogen) atoms. The van der Waals surface area contributed by atoms with Gasteiger partial charge < -0.3 is 5.11 Å². The van der Waals surface area contributed by atoms with Gasteiger partial charge in [0.25, 0.3) is 11.8 Å². The maximum atomic E-state index is 14.8. The van der Waals surface area contributed by atoms with E-state index >= 15 is 0 Å². The molecule has 0 aromatic heterocycles. The lowest BCUT2D eigenvalue weighted by Gasteiger charge is -2.50. The summed E-state index contributed by atoms with van der Waals surface area (Å²) in [4.78, 5) is 53.5. The topological polar surface area (TPSA) is 95.0 Å². The third-order valence-corrected chi connectivity index (χ3v) is 11.0. The van der Waals surface area contributed by atoms with Crippen LogP contribution in [0.5, 0.6) is 5.75 Å². The molecule has 12 heteroatoms. The Morgan fingerprint density at radius 3 is 2.11 bits per heavy atom. The highest BCUT2D eigenvalue weighted by atomic mass is 35.5. The number of carbonyl (C=O) groups excluding carboxylic acids is 4. The predicted octanol–water partition coefficient (Wildman–Crippen LogP) is 6.09. The van der Waals surface area contributed by atoms with Gasteiger partial charge in [0, 0.05) is 16.5 Å². The molecule has 3 aromatic carbocycles. The Morgan fingerprint density at radius 2 is 1.43 bits per heavy atom. The van der Waals surface area contributed by atoms with Crippen molar-refractivity contribution in [3.05, 3.63) is 101 Å². The fourth-order valence-electron chi connectivity index (χ4n) is 7.35. The van der Waals surface area contributed by atoms with E-state index in [1.165, 1.54) is 24.3 Å². The summed E-state index contributed by atoms with van der Waals surface area (Å²) in [6, 6.07) is 14.5. The van der Waals surface area contributed by atoms with Crippen molar-refractivity contribution in [2.24, 2.45) is 17.8 Å². The number of phenolic OH excluding ortho intramolecular Hbond substituents is 1. The molecule has 3 aromatic rings. The highest BCUT2D eigenvalue weighted by Crippen LogP contribution is 2.66. The summed E-state index contributed by atoms with van der Waals surface area (Å²) in [6.45, 7) is 0. The smallest absolute Gasteiger partial charge is 0.258 e. The van der Waals surface area contributed by atoms with Crippen LogP contribution in [0, 0.1) is 29.4 Å². The van der Waals surface area contributed by atoms with Gasteiger partial charge >= 0.3 is 0 Å². The van der Waals surface area contributed by atoms with Gasteiger partial charge in [-0.05, 0) is 73.4 Å². The fourth-order valence-corrected chi connectivity index (χ4v) is 8.41. The molecule has 0 unspecified atom stereocenters. The van der Waals surface area contributed by atoms with Crippen LogP contribution in [0.4, 0.5) is 20.2 Å². The molecule has 2 heterocycles. The number of benzene rings is 3. The number of imide groups is 2. The number of nitrogens with zero attached hydrogens (tertiary/aromatic N) is 2. The molecule has 7 nitrogen and oxygen atoms in total. The molecule has 4 aliphatic rings. The van der Waals surface area contributed by atoms with E-state index in [1.54, 1.807) is 30.3 Å². The van der Waals surface area contributed by atoms with Crippen LogP contribution in [0.3, 0.4) is 0 Å². The van der Waals surface area contributed by atoms with Crippen LogP contribution >= 0.6 is 34.8 Å². The summed E-state index contributed by atoms with van der Waals surface area (Å²) >= 11 is 20.5. The summed E-state index contributed by atoms with van der Waals surface area (Å²) in [7, 11) is 0. The number of fused-ring (bicyclic) bond motifs is 4. The van der Waals surface area contributed by atoms with Crippen molar-refractivity contribution in [2.75, 3.05) is 9.80 Å². The number of amides is 4. The average Bonchev–Trinajstić information content (AvgIpc) is 3.34. The van der Waals surface area contributed by atoms with E-state index in [0.29, 0.717) is 16.3 Å². The van der Waals surface area contributed by atoms with Gasteiger partial charge in [-0.1, -0.05) is 35.4 Å². The average molecular weight is 658 g/mol. The van der Waals surface area contributed by atoms with E-state index in [0.717, 1.165) is 28.0 Å². The van der Waals surface area contributed by atoms with E-state index in [-0.39, 0.29) is 24.1 Å². The van der Waals surface area contributed by atoms with Crippen LogP contribution < -0.4 is 9.80 Å². The molecule has 7 rings (SSSR count). The Morgan fingerprint density at radius 1 is 0.795 bits per heavy atom. The second-order valence-corrected chi connectivity index (χ2v) is 13.1. The molecule has 224 valence electrons. The fraction of sp³-hybridized carbons (Fsp3) is 0.250. The van der Waals surface area contributed by atoms with Crippen molar-refractivity contribution in [3.63, 3.8) is 0 Å². The zero-order valence-corrected chi connectivity index (χ0v) is 24.8. The van der Waals surface area contributed by atoms with Crippen LogP contribution in [0.15, 0.2) is 78.4 Å². The molecule has 0 spiro atoms. The predicted molar refractivity (Wildman–Crippen MR) is 159 cm³/mol.